The van der Waals surface area contributed by atoms with Crippen molar-refractivity contribution in [1.82, 2.24) is 19.5 Å². The average Bonchev–Trinajstić information content (AvgIpc) is 3.40. The lowest BCUT2D eigenvalue weighted by Crippen LogP contribution is -2.57. The number of rotatable bonds is 10. The van der Waals surface area contributed by atoms with Crippen molar-refractivity contribution in [3.05, 3.63) is 84.4 Å². The highest BCUT2D eigenvalue weighted by molar-refractivity contribution is 7.48. The summed E-state index contributed by atoms with van der Waals surface area (Å²) in [7, 11) is -4.42. The van der Waals surface area contributed by atoms with Crippen molar-refractivity contribution in [2.45, 2.75) is 43.9 Å². The molecule has 0 saturated carbocycles. The number of aliphatic hydroxyl groups excluding tert-OH is 3. The molecule has 5 N–H and O–H groups in total. The zero-order valence-corrected chi connectivity index (χ0v) is 21.5. The molecule has 39 heavy (non-hydrogen) atoms. The van der Waals surface area contributed by atoms with Crippen molar-refractivity contribution in [3.8, 4) is 0 Å². The molecule has 0 amide bonds. The Morgan fingerprint density at radius 1 is 0.923 bits per heavy atom. The standard InChI is InChI=1S/C25H28N5O8P/c26-23-19-24(28-14-27-23)30(15-29-19)25-22(21(33)20(32)18(11-31)37-25)38-39(34,35-12-16-7-3-1-4-8-16)36-13-17-9-5-2-6-10-17/h1-10,14-15,18,20-22,25,31-33H,11-13H2,(H2,26,27,28)/t18-,20-,21+,22-,25-/m1/s1. The van der Waals surface area contributed by atoms with Crippen LogP contribution in [0.15, 0.2) is 73.3 Å². The number of imidazole rings is 1. The summed E-state index contributed by atoms with van der Waals surface area (Å²) in [5.74, 6) is 0.106. The largest absolute Gasteiger partial charge is 0.475 e. The zero-order valence-electron chi connectivity index (χ0n) is 20.6. The van der Waals surface area contributed by atoms with Crippen LogP contribution in [-0.2, 0) is 36.1 Å². The number of nitrogen functional groups attached to an aromatic ring is 1. The summed E-state index contributed by atoms with van der Waals surface area (Å²) in [6, 6.07) is 18.0. The molecule has 0 spiro atoms. The second-order valence-electron chi connectivity index (χ2n) is 8.85. The predicted molar refractivity (Wildman–Crippen MR) is 138 cm³/mol. The Morgan fingerprint density at radius 3 is 2.13 bits per heavy atom. The summed E-state index contributed by atoms with van der Waals surface area (Å²) in [5, 5.41) is 31.5. The van der Waals surface area contributed by atoms with Gasteiger partial charge in [0, 0.05) is 0 Å². The molecule has 0 unspecified atom stereocenters. The molecule has 1 saturated heterocycles. The Hall–Kier alpha value is -3.26. The number of hydrogen-bond acceptors (Lipinski definition) is 12. The highest BCUT2D eigenvalue weighted by Crippen LogP contribution is 2.54. The third-order valence-electron chi connectivity index (χ3n) is 6.22. The summed E-state index contributed by atoms with van der Waals surface area (Å²) in [6.07, 6.45) is -4.68. The minimum absolute atomic E-state index is 0.106. The van der Waals surface area contributed by atoms with Crippen molar-refractivity contribution in [1.29, 1.82) is 0 Å². The van der Waals surface area contributed by atoms with E-state index in [9.17, 15) is 19.9 Å². The Labute approximate surface area is 223 Å². The Bertz CT molecular complexity index is 1380. The third-order valence-corrected chi connectivity index (χ3v) is 7.61. The molecule has 5 rings (SSSR count). The Kier molecular flexibility index (Phi) is 8.31. The maximum absolute atomic E-state index is 14.0. The summed E-state index contributed by atoms with van der Waals surface area (Å²) in [6.45, 7) is -0.862. The van der Waals surface area contributed by atoms with Gasteiger partial charge in [0.25, 0.3) is 0 Å². The van der Waals surface area contributed by atoms with Gasteiger partial charge in [-0.05, 0) is 11.1 Å². The van der Waals surface area contributed by atoms with Gasteiger partial charge in [0.05, 0.1) is 26.1 Å². The van der Waals surface area contributed by atoms with Gasteiger partial charge in [-0.2, -0.15) is 0 Å². The van der Waals surface area contributed by atoms with E-state index in [0.717, 1.165) is 0 Å². The van der Waals surface area contributed by atoms with Gasteiger partial charge in [-0.3, -0.25) is 18.1 Å². The number of phosphoric ester groups is 1. The molecule has 0 aliphatic carbocycles. The van der Waals surface area contributed by atoms with E-state index in [0.29, 0.717) is 11.1 Å². The van der Waals surface area contributed by atoms with E-state index >= 15 is 0 Å². The van der Waals surface area contributed by atoms with Crippen molar-refractivity contribution in [2.75, 3.05) is 12.3 Å². The number of benzene rings is 2. The molecular formula is C25H28N5O8P. The minimum Gasteiger partial charge on any atom is -0.394 e. The van der Waals surface area contributed by atoms with Gasteiger partial charge < -0.3 is 25.8 Å². The monoisotopic (exact) mass is 557 g/mol. The number of aliphatic hydroxyl groups is 3. The third kappa shape index (κ3) is 6.01. The van der Waals surface area contributed by atoms with E-state index < -0.39 is 45.1 Å². The van der Waals surface area contributed by atoms with E-state index in [1.807, 2.05) is 12.1 Å². The van der Waals surface area contributed by atoms with Crippen LogP contribution in [0.25, 0.3) is 11.2 Å². The van der Waals surface area contributed by atoms with E-state index in [2.05, 4.69) is 15.0 Å². The van der Waals surface area contributed by atoms with Crippen LogP contribution in [0.5, 0.6) is 0 Å². The molecule has 5 atom stereocenters. The van der Waals surface area contributed by atoms with Gasteiger partial charge in [-0.25, -0.2) is 19.5 Å². The number of aromatic nitrogens is 4. The van der Waals surface area contributed by atoms with Gasteiger partial charge in [0.2, 0.25) is 0 Å². The fourth-order valence-corrected chi connectivity index (χ4v) is 5.51. The summed E-state index contributed by atoms with van der Waals surface area (Å²) < 4.78 is 38.6. The van der Waals surface area contributed by atoms with Crippen molar-refractivity contribution < 1.29 is 38.2 Å². The fraction of sp³-hybridized carbons (Fsp3) is 0.320. The van der Waals surface area contributed by atoms with Crippen molar-refractivity contribution in [3.63, 3.8) is 0 Å². The van der Waals surface area contributed by atoms with Crippen LogP contribution < -0.4 is 5.73 Å². The molecule has 2 aromatic carbocycles. The van der Waals surface area contributed by atoms with Gasteiger partial charge in [0.15, 0.2) is 17.7 Å². The number of nitrogens with two attached hydrogens (primary N) is 1. The van der Waals surface area contributed by atoms with E-state index in [-0.39, 0.29) is 30.2 Å². The lowest BCUT2D eigenvalue weighted by Gasteiger charge is -2.42. The van der Waals surface area contributed by atoms with Crippen LogP contribution in [0.4, 0.5) is 5.82 Å². The summed E-state index contributed by atoms with van der Waals surface area (Å²) in [4.78, 5) is 12.3. The molecule has 0 radical (unpaired) electrons. The second kappa shape index (κ2) is 11.9. The molecule has 1 aliphatic rings. The predicted octanol–water partition coefficient (Wildman–Crippen LogP) is 1.95. The van der Waals surface area contributed by atoms with Crippen molar-refractivity contribution >= 4 is 24.8 Å². The molecule has 3 heterocycles. The number of hydrogen-bond donors (Lipinski definition) is 4. The van der Waals surface area contributed by atoms with Gasteiger partial charge >= 0.3 is 7.82 Å². The zero-order chi connectivity index (χ0) is 27.4. The van der Waals surface area contributed by atoms with Gasteiger partial charge in [-0.15, -0.1) is 0 Å². The first-order valence-corrected chi connectivity index (χ1v) is 13.6. The quantitative estimate of drug-likeness (QED) is 0.208. The summed E-state index contributed by atoms with van der Waals surface area (Å²) >= 11 is 0. The van der Waals surface area contributed by atoms with Gasteiger partial charge in [-0.1, -0.05) is 60.7 Å². The Balaban J connectivity index is 1.48. The van der Waals surface area contributed by atoms with Crippen LogP contribution in [0.1, 0.15) is 17.4 Å². The first-order valence-electron chi connectivity index (χ1n) is 12.1. The van der Waals surface area contributed by atoms with Crippen molar-refractivity contribution in [2.24, 2.45) is 0 Å². The van der Waals surface area contributed by atoms with E-state index in [1.54, 1.807) is 48.5 Å². The molecular weight excluding hydrogens is 529 g/mol. The van der Waals surface area contributed by atoms with E-state index in [1.165, 1.54) is 17.2 Å². The number of fused-ring (bicyclic) bond motifs is 1. The van der Waals surface area contributed by atoms with Crippen LogP contribution in [0, 0.1) is 0 Å². The lowest BCUT2D eigenvalue weighted by molar-refractivity contribution is -0.247. The highest BCUT2D eigenvalue weighted by Gasteiger charge is 2.50. The van der Waals surface area contributed by atoms with Gasteiger partial charge in [0.1, 0.15) is 36.3 Å². The average molecular weight is 558 g/mol. The maximum atomic E-state index is 14.0. The molecule has 206 valence electrons. The van der Waals surface area contributed by atoms with Crippen LogP contribution >= 0.6 is 7.82 Å². The van der Waals surface area contributed by atoms with Crippen LogP contribution in [-0.4, -0.2) is 65.9 Å². The molecule has 0 bridgehead atoms. The summed E-state index contributed by atoms with van der Waals surface area (Å²) in [5.41, 5.74) is 7.80. The first-order chi connectivity index (χ1) is 18.9. The number of nitrogens with zero attached hydrogens (tertiary/aromatic N) is 4. The number of ether oxygens (including phenoxy) is 1. The SMILES string of the molecule is Nc1ncnc2c1ncn2[C@@H]1O[C@H](CO)[C@@H](O)[C@H](O)[C@H]1OP(=O)(OCc1ccccc1)OCc1ccccc1. The molecule has 13 nitrogen and oxygen atoms in total. The molecule has 14 heteroatoms. The molecule has 1 aliphatic heterocycles. The molecule has 4 aromatic rings. The van der Waals surface area contributed by atoms with E-state index in [4.69, 9.17) is 24.0 Å². The lowest BCUT2D eigenvalue weighted by atomic mass is 9.98. The van der Waals surface area contributed by atoms with Crippen LogP contribution in [0.2, 0.25) is 0 Å². The minimum atomic E-state index is -4.42. The first kappa shape index (κ1) is 27.3. The van der Waals surface area contributed by atoms with Crippen LogP contribution in [0.3, 0.4) is 0 Å². The Morgan fingerprint density at radius 2 is 1.54 bits per heavy atom. The maximum Gasteiger partial charge on any atom is 0.475 e. The molecule has 1 fully saturated rings. The number of phosphoric acid groups is 1. The fourth-order valence-electron chi connectivity index (χ4n) is 4.17. The second-order valence-corrected chi connectivity index (χ2v) is 10.5. The topological polar surface area (TPSA) is 184 Å². The number of anilines is 1. The normalized spacial score (nSPS) is 23.7. The molecule has 2 aromatic heterocycles. The smallest absolute Gasteiger partial charge is 0.394 e. The highest BCUT2D eigenvalue weighted by atomic mass is 31.2.